The van der Waals surface area contributed by atoms with Crippen molar-refractivity contribution in [1.29, 1.82) is 0 Å². The molecule has 1 saturated heterocycles. The molecule has 0 saturated carbocycles. The molecule has 2 nitrogen and oxygen atoms in total. The van der Waals surface area contributed by atoms with Gasteiger partial charge in [-0.25, -0.2) is 8.78 Å². The van der Waals surface area contributed by atoms with Gasteiger partial charge in [-0.3, -0.25) is 0 Å². The summed E-state index contributed by atoms with van der Waals surface area (Å²) in [5.74, 6) is -0.984. The zero-order valence-electron chi connectivity index (χ0n) is 12.3. The van der Waals surface area contributed by atoms with Crippen LogP contribution in [0.15, 0.2) is 42.5 Å². The number of hydrogen-bond acceptors (Lipinski definition) is 2. The summed E-state index contributed by atoms with van der Waals surface area (Å²) in [5.41, 5.74) is 2.12. The van der Waals surface area contributed by atoms with Gasteiger partial charge in [-0.05, 0) is 37.0 Å². The van der Waals surface area contributed by atoms with Crippen molar-refractivity contribution in [1.82, 2.24) is 0 Å². The Labute approximate surface area is 129 Å². The summed E-state index contributed by atoms with van der Waals surface area (Å²) in [7, 11) is 0. The van der Waals surface area contributed by atoms with Crippen molar-refractivity contribution in [3.63, 3.8) is 0 Å². The average molecular weight is 303 g/mol. The molecule has 3 rings (SSSR count). The van der Waals surface area contributed by atoms with Gasteiger partial charge in [0.2, 0.25) is 0 Å². The molecule has 0 unspecified atom stereocenters. The van der Waals surface area contributed by atoms with Gasteiger partial charge in [0.15, 0.2) is 0 Å². The van der Waals surface area contributed by atoms with Crippen molar-refractivity contribution in [3.05, 3.63) is 65.2 Å². The van der Waals surface area contributed by atoms with E-state index in [-0.39, 0.29) is 18.1 Å². The molecule has 1 fully saturated rings. The molecule has 0 atom stereocenters. The summed E-state index contributed by atoms with van der Waals surface area (Å²) in [6.45, 7) is 1.46. The van der Waals surface area contributed by atoms with Crippen LogP contribution in [0.5, 0.6) is 0 Å². The van der Waals surface area contributed by atoms with Crippen molar-refractivity contribution in [2.45, 2.75) is 25.4 Å². The number of anilines is 1. The maximum atomic E-state index is 13.9. The minimum atomic E-state index is -0.450. The van der Waals surface area contributed by atoms with Gasteiger partial charge in [0.25, 0.3) is 0 Å². The summed E-state index contributed by atoms with van der Waals surface area (Å²) < 4.78 is 27.8. The largest absolute Gasteiger partial charge is 0.392 e. The summed E-state index contributed by atoms with van der Waals surface area (Å²) in [6, 6.07) is 11.8. The molecule has 1 aliphatic rings. The lowest BCUT2D eigenvalue weighted by molar-refractivity contribution is 0.281. The third-order valence-electron chi connectivity index (χ3n) is 4.41. The Hall–Kier alpha value is -1.94. The highest BCUT2D eigenvalue weighted by atomic mass is 19.1. The van der Waals surface area contributed by atoms with Gasteiger partial charge in [0, 0.05) is 29.9 Å². The lowest BCUT2D eigenvalue weighted by Crippen LogP contribution is -2.34. The Morgan fingerprint density at radius 2 is 1.59 bits per heavy atom. The molecule has 2 aromatic rings. The van der Waals surface area contributed by atoms with Crippen LogP contribution in [0.25, 0.3) is 0 Å². The van der Waals surface area contributed by atoms with Gasteiger partial charge in [-0.1, -0.05) is 24.3 Å². The fraction of sp³-hybridized carbons (Fsp3) is 0.333. The van der Waals surface area contributed by atoms with Crippen LogP contribution in [0, 0.1) is 11.6 Å². The quantitative estimate of drug-likeness (QED) is 0.931. The van der Waals surface area contributed by atoms with E-state index in [2.05, 4.69) is 4.90 Å². The second-order valence-corrected chi connectivity index (χ2v) is 5.68. The molecule has 0 amide bonds. The number of aliphatic hydroxyl groups is 1. The highest BCUT2D eigenvalue weighted by Crippen LogP contribution is 2.34. The fourth-order valence-electron chi connectivity index (χ4n) is 3.26. The molecular weight excluding hydrogens is 284 g/mol. The predicted molar refractivity (Wildman–Crippen MR) is 82.9 cm³/mol. The Kier molecular flexibility index (Phi) is 4.39. The second kappa shape index (κ2) is 6.44. The number of benzene rings is 2. The molecule has 0 aromatic heterocycles. The smallest absolute Gasteiger partial charge is 0.129 e. The molecule has 1 heterocycles. The number of hydrogen-bond donors (Lipinski definition) is 1. The molecular formula is C18H19F2NO. The SMILES string of the molecule is OCc1ccccc1N1CCC(c2c(F)cccc2F)CC1. The molecule has 1 aliphatic heterocycles. The normalized spacial score (nSPS) is 16.0. The van der Waals surface area contributed by atoms with Gasteiger partial charge < -0.3 is 10.0 Å². The summed E-state index contributed by atoms with van der Waals surface area (Å²) in [4.78, 5) is 2.18. The maximum absolute atomic E-state index is 13.9. The first-order valence-electron chi connectivity index (χ1n) is 7.58. The van der Waals surface area contributed by atoms with E-state index in [0.717, 1.165) is 24.3 Å². The van der Waals surface area contributed by atoms with Crippen LogP contribution in [-0.4, -0.2) is 18.2 Å². The predicted octanol–water partition coefficient (Wildman–Crippen LogP) is 3.84. The Bertz CT molecular complexity index is 631. The standard InChI is InChI=1S/C18H19F2NO/c19-15-5-3-6-16(20)18(15)13-8-10-21(11-9-13)17-7-2-1-4-14(17)12-22/h1-7,13,22H,8-12H2. The van der Waals surface area contributed by atoms with Gasteiger partial charge in [-0.2, -0.15) is 0 Å². The summed E-state index contributed by atoms with van der Waals surface area (Å²) in [6.07, 6.45) is 1.41. The number of rotatable bonds is 3. The molecule has 0 bridgehead atoms. The van der Waals surface area contributed by atoms with E-state index >= 15 is 0 Å². The summed E-state index contributed by atoms with van der Waals surface area (Å²) >= 11 is 0. The fourth-order valence-corrected chi connectivity index (χ4v) is 3.26. The number of para-hydroxylation sites is 1. The third-order valence-corrected chi connectivity index (χ3v) is 4.41. The number of piperidine rings is 1. The Morgan fingerprint density at radius 3 is 2.23 bits per heavy atom. The van der Waals surface area contributed by atoms with Gasteiger partial charge in [-0.15, -0.1) is 0 Å². The highest BCUT2D eigenvalue weighted by Gasteiger charge is 2.26. The van der Waals surface area contributed by atoms with Crippen molar-refractivity contribution in [2.75, 3.05) is 18.0 Å². The van der Waals surface area contributed by atoms with Crippen LogP contribution < -0.4 is 4.90 Å². The molecule has 0 aliphatic carbocycles. The van der Waals surface area contributed by atoms with E-state index in [9.17, 15) is 13.9 Å². The zero-order valence-corrected chi connectivity index (χ0v) is 12.3. The number of halogens is 2. The molecule has 0 radical (unpaired) electrons. The van der Waals surface area contributed by atoms with E-state index < -0.39 is 11.6 Å². The Balaban J connectivity index is 1.75. The second-order valence-electron chi connectivity index (χ2n) is 5.68. The van der Waals surface area contributed by atoms with Crippen molar-refractivity contribution in [3.8, 4) is 0 Å². The van der Waals surface area contributed by atoms with E-state index in [1.807, 2.05) is 24.3 Å². The van der Waals surface area contributed by atoms with Crippen LogP contribution in [0.1, 0.15) is 29.9 Å². The van der Waals surface area contributed by atoms with E-state index in [1.165, 1.54) is 18.2 Å². The molecule has 4 heteroatoms. The van der Waals surface area contributed by atoms with Gasteiger partial charge in [0.05, 0.1) is 6.61 Å². The number of aliphatic hydroxyl groups excluding tert-OH is 1. The third kappa shape index (κ3) is 2.83. The molecule has 116 valence electrons. The highest BCUT2D eigenvalue weighted by molar-refractivity contribution is 5.53. The van der Waals surface area contributed by atoms with Crippen molar-refractivity contribution >= 4 is 5.69 Å². The summed E-state index contributed by atoms with van der Waals surface area (Å²) in [5, 5.41) is 9.43. The first kappa shape index (κ1) is 15.0. The van der Waals surface area contributed by atoms with Crippen LogP contribution in [-0.2, 0) is 6.61 Å². The lowest BCUT2D eigenvalue weighted by atomic mass is 9.88. The maximum Gasteiger partial charge on any atom is 0.129 e. The molecule has 1 N–H and O–H groups in total. The molecule has 2 aromatic carbocycles. The van der Waals surface area contributed by atoms with Crippen LogP contribution in [0.2, 0.25) is 0 Å². The van der Waals surface area contributed by atoms with Gasteiger partial charge >= 0.3 is 0 Å². The first-order chi connectivity index (χ1) is 10.7. The van der Waals surface area contributed by atoms with E-state index in [4.69, 9.17) is 0 Å². The first-order valence-corrected chi connectivity index (χ1v) is 7.58. The molecule has 0 spiro atoms. The topological polar surface area (TPSA) is 23.5 Å². The van der Waals surface area contributed by atoms with Crippen LogP contribution in [0.4, 0.5) is 14.5 Å². The molecule has 22 heavy (non-hydrogen) atoms. The number of nitrogens with zero attached hydrogens (tertiary/aromatic N) is 1. The minimum absolute atomic E-state index is 0.00194. The Morgan fingerprint density at radius 1 is 0.955 bits per heavy atom. The minimum Gasteiger partial charge on any atom is -0.392 e. The van der Waals surface area contributed by atoms with E-state index in [0.29, 0.717) is 12.8 Å². The monoisotopic (exact) mass is 303 g/mol. The lowest BCUT2D eigenvalue weighted by Gasteiger charge is -2.35. The van der Waals surface area contributed by atoms with Crippen molar-refractivity contribution in [2.24, 2.45) is 0 Å². The van der Waals surface area contributed by atoms with Gasteiger partial charge in [0.1, 0.15) is 11.6 Å². The zero-order chi connectivity index (χ0) is 15.5. The average Bonchev–Trinajstić information content (AvgIpc) is 2.55. The van der Waals surface area contributed by atoms with Crippen molar-refractivity contribution < 1.29 is 13.9 Å². The van der Waals surface area contributed by atoms with E-state index in [1.54, 1.807) is 0 Å². The van der Waals surface area contributed by atoms with Crippen LogP contribution in [0.3, 0.4) is 0 Å². The van der Waals surface area contributed by atoms with Crippen LogP contribution >= 0.6 is 0 Å².